The maximum atomic E-state index is 13.4. The van der Waals surface area contributed by atoms with Gasteiger partial charge in [0.2, 0.25) is 0 Å². The normalized spacial score (nSPS) is 11.1. The van der Waals surface area contributed by atoms with E-state index in [-0.39, 0.29) is 15.6 Å². The van der Waals surface area contributed by atoms with Crippen molar-refractivity contribution in [2.24, 2.45) is 5.73 Å². The van der Waals surface area contributed by atoms with Gasteiger partial charge in [-0.3, -0.25) is 9.71 Å². The van der Waals surface area contributed by atoms with Crippen molar-refractivity contribution in [3.05, 3.63) is 54.1 Å². The van der Waals surface area contributed by atoms with Crippen molar-refractivity contribution in [3.8, 4) is 0 Å². The lowest BCUT2D eigenvalue weighted by Gasteiger charge is -2.09. The largest absolute Gasteiger partial charge is 0.389 e. The molecule has 5 nitrogen and oxygen atoms in total. The van der Waals surface area contributed by atoms with Crippen LogP contribution in [0.25, 0.3) is 0 Å². The minimum Gasteiger partial charge on any atom is -0.389 e. The highest BCUT2D eigenvalue weighted by atomic mass is 32.2. The molecule has 0 bridgehead atoms. The summed E-state index contributed by atoms with van der Waals surface area (Å²) in [7, 11) is -3.92. The van der Waals surface area contributed by atoms with Gasteiger partial charge < -0.3 is 5.73 Å². The first-order valence-electron chi connectivity index (χ1n) is 5.42. The molecule has 0 radical (unpaired) electrons. The second-order valence-electron chi connectivity index (χ2n) is 3.85. The zero-order chi connectivity index (χ0) is 14.8. The third-order valence-corrected chi connectivity index (χ3v) is 4.04. The van der Waals surface area contributed by atoms with E-state index in [1.54, 1.807) is 6.07 Å². The Balaban J connectivity index is 2.38. The number of anilines is 1. The standard InChI is InChI=1S/C12H10FN3O2S2/c13-10-7-15-5-4-11(10)16-20(17,18)9-3-1-2-8(6-9)12(14)19/h1-7H,(H2,14,19)(H,15,16). The van der Waals surface area contributed by atoms with Gasteiger partial charge in [-0.05, 0) is 18.2 Å². The maximum Gasteiger partial charge on any atom is 0.262 e. The van der Waals surface area contributed by atoms with Gasteiger partial charge in [-0.15, -0.1) is 0 Å². The average molecular weight is 311 g/mol. The number of rotatable bonds is 4. The highest BCUT2D eigenvalue weighted by molar-refractivity contribution is 7.92. The van der Waals surface area contributed by atoms with Crippen LogP contribution in [0.1, 0.15) is 5.56 Å². The van der Waals surface area contributed by atoms with E-state index in [9.17, 15) is 12.8 Å². The zero-order valence-corrected chi connectivity index (χ0v) is 11.7. The number of thiocarbonyl (C=S) groups is 1. The van der Waals surface area contributed by atoms with Gasteiger partial charge in [-0.1, -0.05) is 24.4 Å². The molecule has 0 saturated heterocycles. The topological polar surface area (TPSA) is 85.1 Å². The molecule has 0 amide bonds. The highest BCUT2D eigenvalue weighted by Crippen LogP contribution is 2.18. The van der Waals surface area contributed by atoms with Crippen LogP contribution in [0.2, 0.25) is 0 Å². The number of halogens is 1. The van der Waals surface area contributed by atoms with Gasteiger partial charge in [0, 0.05) is 11.8 Å². The molecular formula is C12H10FN3O2S2. The van der Waals surface area contributed by atoms with Crippen molar-refractivity contribution in [3.63, 3.8) is 0 Å². The molecule has 0 aliphatic heterocycles. The van der Waals surface area contributed by atoms with Crippen molar-refractivity contribution >= 4 is 32.9 Å². The van der Waals surface area contributed by atoms with Crippen LogP contribution in [0.5, 0.6) is 0 Å². The third-order valence-electron chi connectivity index (χ3n) is 2.45. The van der Waals surface area contributed by atoms with E-state index in [1.807, 2.05) is 0 Å². The third kappa shape index (κ3) is 3.09. The molecule has 104 valence electrons. The van der Waals surface area contributed by atoms with Crippen LogP contribution in [0, 0.1) is 5.82 Å². The molecule has 0 fully saturated rings. The van der Waals surface area contributed by atoms with Gasteiger partial charge in [0.25, 0.3) is 10.0 Å². The van der Waals surface area contributed by atoms with E-state index in [2.05, 4.69) is 9.71 Å². The van der Waals surface area contributed by atoms with Crippen LogP contribution in [0.4, 0.5) is 10.1 Å². The molecule has 1 aromatic heterocycles. The Labute approximate surface area is 120 Å². The number of pyridine rings is 1. The van der Waals surface area contributed by atoms with Gasteiger partial charge >= 0.3 is 0 Å². The summed E-state index contributed by atoms with van der Waals surface area (Å²) in [4.78, 5) is 3.57. The molecule has 2 aromatic rings. The first-order chi connectivity index (χ1) is 9.40. The molecule has 3 N–H and O–H groups in total. The summed E-state index contributed by atoms with van der Waals surface area (Å²) < 4.78 is 39.8. The number of hydrogen-bond donors (Lipinski definition) is 2. The van der Waals surface area contributed by atoms with Crippen LogP contribution in [-0.2, 0) is 10.0 Å². The fourth-order valence-electron chi connectivity index (χ4n) is 1.48. The van der Waals surface area contributed by atoms with Gasteiger partial charge in [0.15, 0.2) is 5.82 Å². The summed E-state index contributed by atoms with van der Waals surface area (Å²) in [6, 6.07) is 7.01. The number of nitrogens with zero attached hydrogens (tertiary/aromatic N) is 1. The first kappa shape index (κ1) is 14.4. The Kier molecular flexibility index (Phi) is 3.96. The molecule has 2 rings (SSSR count). The SMILES string of the molecule is NC(=S)c1cccc(S(=O)(=O)Nc2ccncc2F)c1. The minimum absolute atomic E-state index is 0.0565. The molecule has 8 heteroatoms. The number of hydrogen-bond acceptors (Lipinski definition) is 4. The smallest absolute Gasteiger partial charge is 0.262 e. The molecule has 1 aromatic carbocycles. The molecule has 0 aliphatic carbocycles. The van der Waals surface area contributed by atoms with E-state index in [1.165, 1.54) is 30.5 Å². The summed E-state index contributed by atoms with van der Waals surface area (Å²) in [6.45, 7) is 0. The second-order valence-corrected chi connectivity index (χ2v) is 5.98. The highest BCUT2D eigenvalue weighted by Gasteiger charge is 2.17. The number of nitrogens with two attached hydrogens (primary N) is 1. The molecular weight excluding hydrogens is 301 g/mol. The number of benzene rings is 1. The van der Waals surface area contributed by atoms with Gasteiger partial charge in [-0.2, -0.15) is 0 Å². The lowest BCUT2D eigenvalue weighted by molar-refractivity contribution is 0.598. The molecule has 0 spiro atoms. The predicted molar refractivity (Wildman–Crippen MR) is 77.3 cm³/mol. The van der Waals surface area contributed by atoms with Crippen LogP contribution < -0.4 is 10.5 Å². The Bertz CT molecular complexity index is 763. The monoisotopic (exact) mass is 311 g/mol. The van der Waals surface area contributed by atoms with Crippen molar-refractivity contribution < 1.29 is 12.8 Å². The average Bonchev–Trinajstić information content (AvgIpc) is 2.41. The Hall–Kier alpha value is -2.06. The molecule has 20 heavy (non-hydrogen) atoms. The maximum absolute atomic E-state index is 13.4. The van der Waals surface area contributed by atoms with Crippen LogP contribution in [0.3, 0.4) is 0 Å². The lowest BCUT2D eigenvalue weighted by atomic mass is 10.2. The Morgan fingerprint density at radius 2 is 2.10 bits per heavy atom. The minimum atomic E-state index is -3.92. The van der Waals surface area contributed by atoms with Crippen molar-refractivity contribution in [1.82, 2.24) is 4.98 Å². The lowest BCUT2D eigenvalue weighted by Crippen LogP contribution is -2.16. The predicted octanol–water partition coefficient (Wildman–Crippen LogP) is 1.66. The molecule has 0 aliphatic rings. The number of sulfonamides is 1. The zero-order valence-electron chi connectivity index (χ0n) is 10.1. The number of nitrogens with one attached hydrogen (secondary N) is 1. The Morgan fingerprint density at radius 3 is 2.75 bits per heavy atom. The summed E-state index contributed by atoms with van der Waals surface area (Å²) in [5.74, 6) is -0.762. The van der Waals surface area contributed by atoms with E-state index in [0.29, 0.717) is 5.56 Å². The molecule has 0 saturated carbocycles. The van der Waals surface area contributed by atoms with Gasteiger partial charge in [-0.25, -0.2) is 12.8 Å². The number of aromatic nitrogens is 1. The fraction of sp³-hybridized carbons (Fsp3) is 0. The summed E-state index contributed by atoms with van der Waals surface area (Å²) in [5, 5.41) is 0. The quantitative estimate of drug-likeness (QED) is 0.839. The summed E-state index contributed by atoms with van der Waals surface area (Å²) in [6.07, 6.45) is 2.20. The molecule has 0 atom stereocenters. The van der Waals surface area contributed by atoms with Crippen molar-refractivity contribution in [2.45, 2.75) is 4.90 Å². The van der Waals surface area contributed by atoms with E-state index >= 15 is 0 Å². The first-order valence-corrected chi connectivity index (χ1v) is 7.31. The van der Waals surface area contributed by atoms with Crippen molar-refractivity contribution in [1.29, 1.82) is 0 Å². The van der Waals surface area contributed by atoms with E-state index in [0.717, 1.165) is 6.20 Å². The summed E-state index contributed by atoms with van der Waals surface area (Å²) >= 11 is 4.79. The van der Waals surface area contributed by atoms with Crippen molar-refractivity contribution in [2.75, 3.05) is 4.72 Å². The fourth-order valence-corrected chi connectivity index (χ4v) is 2.72. The van der Waals surface area contributed by atoms with Crippen LogP contribution >= 0.6 is 12.2 Å². The van der Waals surface area contributed by atoms with E-state index in [4.69, 9.17) is 18.0 Å². The molecule has 0 unspecified atom stereocenters. The van der Waals surface area contributed by atoms with Gasteiger partial charge in [0.1, 0.15) is 4.99 Å². The van der Waals surface area contributed by atoms with Crippen LogP contribution in [-0.4, -0.2) is 18.4 Å². The summed E-state index contributed by atoms with van der Waals surface area (Å²) in [5.41, 5.74) is 5.69. The second kappa shape index (κ2) is 5.51. The van der Waals surface area contributed by atoms with E-state index < -0.39 is 15.8 Å². The van der Waals surface area contributed by atoms with Crippen LogP contribution in [0.15, 0.2) is 47.6 Å². The van der Waals surface area contributed by atoms with Gasteiger partial charge in [0.05, 0.1) is 16.8 Å². The Morgan fingerprint density at radius 1 is 1.35 bits per heavy atom. The molecule has 1 heterocycles.